The summed E-state index contributed by atoms with van der Waals surface area (Å²) in [6.45, 7) is 0.521. The molecule has 10 heteroatoms. The first kappa shape index (κ1) is 19.2. The Hall–Kier alpha value is -2.56. The summed E-state index contributed by atoms with van der Waals surface area (Å²) >= 11 is 3.38. The maximum absolute atomic E-state index is 12.3. The van der Waals surface area contributed by atoms with Gasteiger partial charge in [-0.05, 0) is 49.0 Å². The third-order valence-electron chi connectivity index (χ3n) is 3.72. The lowest BCUT2D eigenvalue weighted by atomic mass is 10.2. The number of hydrogen-bond donors (Lipinski definition) is 2. The van der Waals surface area contributed by atoms with Gasteiger partial charge in [0.25, 0.3) is 5.91 Å². The Kier molecular flexibility index (Phi) is 5.68. The van der Waals surface area contributed by atoms with Gasteiger partial charge in [-0.1, -0.05) is 28.1 Å². The molecule has 0 bridgehead atoms. The molecule has 0 saturated carbocycles. The lowest BCUT2D eigenvalue weighted by Crippen LogP contribution is -2.19. The largest absolute Gasteiger partial charge is 0.289 e. The molecule has 0 aliphatic carbocycles. The first-order valence-electron chi connectivity index (χ1n) is 7.86. The molecule has 0 atom stereocenters. The molecule has 1 aromatic heterocycles. The normalized spacial score (nSPS) is 11.3. The van der Waals surface area contributed by atoms with Gasteiger partial charge in [0, 0.05) is 10.0 Å². The van der Waals surface area contributed by atoms with E-state index in [0.717, 1.165) is 10.0 Å². The Morgan fingerprint density at radius 1 is 1.11 bits per heavy atom. The molecule has 8 nitrogen and oxygen atoms in total. The first-order valence-corrected chi connectivity index (χ1v) is 10.1. The molecule has 27 heavy (non-hydrogen) atoms. The minimum Gasteiger partial charge on any atom is -0.289 e. The highest BCUT2D eigenvalue weighted by Crippen LogP contribution is 2.13. The van der Waals surface area contributed by atoms with Crippen LogP contribution >= 0.6 is 15.9 Å². The zero-order valence-corrected chi connectivity index (χ0v) is 16.7. The van der Waals surface area contributed by atoms with Crippen LogP contribution in [0, 0.1) is 0 Å². The fourth-order valence-corrected chi connectivity index (χ4v) is 3.28. The van der Waals surface area contributed by atoms with Gasteiger partial charge in [0.2, 0.25) is 16.0 Å². The summed E-state index contributed by atoms with van der Waals surface area (Å²) in [6, 6.07) is 13.4. The van der Waals surface area contributed by atoms with E-state index in [-0.39, 0.29) is 10.8 Å². The van der Waals surface area contributed by atoms with Crippen molar-refractivity contribution in [1.82, 2.24) is 19.5 Å². The molecule has 0 fully saturated rings. The quantitative estimate of drug-likeness (QED) is 0.600. The predicted molar refractivity (Wildman–Crippen MR) is 104 cm³/mol. The maximum Gasteiger partial charge on any atom is 0.258 e. The second-order valence-electron chi connectivity index (χ2n) is 5.58. The summed E-state index contributed by atoms with van der Waals surface area (Å²) in [7, 11) is -2.22. The lowest BCUT2D eigenvalue weighted by molar-refractivity contribution is 0.102. The number of nitrogens with one attached hydrogen (secondary N) is 2. The summed E-state index contributed by atoms with van der Waals surface area (Å²) in [4.78, 5) is 16.4. The van der Waals surface area contributed by atoms with Crippen LogP contribution in [0.4, 0.5) is 5.95 Å². The van der Waals surface area contributed by atoms with Gasteiger partial charge in [0.1, 0.15) is 6.33 Å². The summed E-state index contributed by atoms with van der Waals surface area (Å²) in [6.07, 6.45) is 1.53. The molecule has 3 aromatic rings. The maximum atomic E-state index is 12.3. The van der Waals surface area contributed by atoms with E-state index in [0.29, 0.717) is 12.1 Å². The van der Waals surface area contributed by atoms with E-state index < -0.39 is 15.9 Å². The van der Waals surface area contributed by atoms with Crippen LogP contribution in [0.25, 0.3) is 0 Å². The van der Waals surface area contributed by atoms with Gasteiger partial charge < -0.3 is 0 Å². The molecule has 140 valence electrons. The summed E-state index contributed by atoms with van der Waals surface area (Å²) in [5.41, 5.74) is 1.34. The van der Waals surface area contributed by atoms with Crippen molar-refractivity contribution in [2.24, 2.45) is 0 Å². The molecular formula is C17H16BrN5O3S. The Balaban J connectivity index is 1.66. The van der Waals surface area contributed by atoms with Crippen LogP contribution < -0.4 is 10.0 Å². The van der Waals surface area contributed by atoms with Gasteiger partial charge >= 0.3 is 0 Å². The van der Waals surface area contributed by atoms with E-state index in [1.807, 2.05) is 24.3 Å². The fraction of sp³-hybridized carbons (Fsp3) is 0.118. The highest BCUT2D eigenvalue weighted by atomic mass is 79.9. The number of benzene rings is 2. The number of rotatable bonds is 6. The van der Waals surface area contributed by atoms with E-state index in [1.165, 1.54) is 37.6 Å². The second-order valence-corrected chi connectivity index (χ2v) is 8.38. The summed E-state index contributed by atoms with van der Waals surface area (Å²) in [5.74, 6) is -0.256. The van der Waals surface area contributed by atoms with Crippen molar-refractivity contribution in [2.45, 2.75) is 11.4 Å². The van der Waals surface area contributed by atoms with E-state index >= 15 is 0 Å². The van der Waals surface area contributed by atoms with E-state index in [4.69, 9.17) is 0 Å². The van der Waals surface area contributed by atoms with Crippen LogP contribution in [0.1, 0.15) is 15.9 Å². The summed E-state index contributed by atoms with van der Waals surface area (Å²) in [5, 5.41) is 6.81. The molecule has 3 rings (SSSR count). The van der Waals surface area contributed by atoms with Gasteiger partial charge in [-0.2, -0.15) is 0 Å². The minimum absolute atomic E-state index is 0.0819. The number of amides is 1. The molecular weight excluding hydrogens is 434 g/mol. The molecule has 1 heterocycles. The molecule has 2 N–H and O–H groups in total. The predicted octanol–water partition coefficient (Wildman–Crippen LogP) is 2.25. The fourth-order valence-electron chi connectivity index (χ4n) is 2.28. The van der Waals surface area contributed by atoms with Crippen molar-refractivity contribution in [3.63, 3.8) is 0 Å². The molecule has 2 aromatic carbocycles. The number of carbonyl (C=O) groups excluding carboxylic acids is 1. The third-order valence-corrected chi connectivity index (χ3v) is 5.67. The van der Waals surface area contributed by atoms with Gasteiger partial charge in [0.15, 0.2) is 0 Å². The number of halogens is 1. The van der Waals surface area contributed by atoms with Crippen LogP contribution in [0.3, 0.4) is 0 Å². The third kappa shape index (κ3) is 4.79. The van der Waals surface area contributed by atoms with Crippen LogP contribution in [-0.2, 0) is 16.6 Å². The van der Waals surface area contributed by atoms with Gasteiger partial charge in [-0.15, -0.1) is 5.10 Å². The van der Waals surface area contributed by atoms with Gasteiger partial charge in [0.05, 0.1) is 11.4 Å². The zero-order valence-electron chi connectivity index (χ0n) is 14.3. The minimum atomic E-state index is -3.54. The Morgan fingerprint density at radius 3 is 2.41 bits per heavy atom. The number of hydrogen-bond acceptors (Lipinski definition) is 5. The first-order chi connectivity index (χ1) is 12.9. The van der Waals surface area contributed by atoms with Gasteiger partial charge in [-0.25, -0.2) is 22.8 Å². The van der Waals surface area contributed by atoms with Crippen molar-refractivity contribution < 1.29 is 13.2 Å². The Labute approximate surface area is 164 Å². The average molecular weight is 450 g/mol. The number of carbonyl (C=O) groups is 1. The van der Waals surface area contributed by atoms with Crippen LogP contribution in [-0.4, -0.2) is 36.1 Å². The van der Waals surface area contributed by atoms with Crippen molar-refractivity contribution >= 4 is 37.8 Å². The molecule has 0 aliphatic rings. The standard InChI is InChI=1S/C17H16BrN5O3S/c1-19-27(25,26)15-8-4-13(5-9-15)16(24)21-17-20-11-23(22-17)10-12-2-6-14(18)7-3-12/h2-9,11,19H,10H2,1H3,(H,21,22,24). The zero-order chi connectivity index (χ0) is 19.4. The number of aromatic nitrogens is 3. The molecule has 0 saturated heterocycles. The monoisotopic (exact) mass is 449 g/mol. The second kappa shape index (κ2) is 7.99. The highest BCUT2D eigenvalue weighted by molar-refractivity contribution is 9.10. The molecule has 1 amide bonds. The topological polar surface area (TPSA) is 106 Å². The average Bonchev–Trinajstić information content (AvgIpc) is 3.10. The number of sulfonamides is 1. The number of nitrogens with zero attached hydrogens (tertiary/aromatic N) is 3. The van der Waals surface area contributed by atoms with E-state index in [2.05, 4.69) is 36.1 Å². The highest BCUT2D eigenvalue weighted by Gasteiger charge is 2.14. The SMILES string of the molecule is CNS(=O)(=O)c1ccc(C(=O)Nc2ncn(Cc3ccc(Br)cc3)n2)cc1. The van der Waals surface area contributed by atoms with Crippen LogP contribution in [0.5, 0.6) is 0 Å². The Bertz CT molecular complexity index is 1050. The van der Waals surface area contributed by atoms with Crippen molar-refractivity contribution in [2.75, 3.05) is 12.4 Å². The van der Waals surface area contributed by atoms with Crippen molar-refractivity contribution in [1.29, 1.82) is 0 Å². The lowest BCUT2D eigenvalue weighted by Gasteiger charge is -2.04. The van der Waals surface area contributed by atoms with Crippen LogP contribution in [0.2, 0.25) is 0 Å². The van der Waals surface area contributed by atoms with Crippen molar-refractivity contribution in [3.05, 3.63) is 70.5 Å². The van der Waals surface area contributed by atoms with E-state index in [1.54, 1.807) is 4.68 Å². The smallest absolute Gasteiger partial charge is 0.258 e. The molecule has 0 spiro atoms. The Morgan fingerprint density at radius 2 is 1.78 bits per heavy atom. The molecule has 0 aliphatic heterocycles. The molecule has 0 unspecified atom stereocenters. The van der Waals surface area contributed by atoms with Crippen LogP contribution in [0.15, 0.2) is 64.2 Å². The molecule has 0 radical (unpaired) electrons. The van der Waals surface area contributed by atoms with Gasteiger partial charge in [-0.3, -0.25) is 10.1 Å². The van der Waals surface area contributed by atoms with Crippen molar-refractivity contribution in [3.8, 4) is 0 Å². The van der Waals surface area contributed by atoms with E-state index in [9.17, 15) is 13.2 Å². The summed E-state index contributed by atoms with van der Waals surface area (Å²) < 4.78 is 28.2. The number of anilines is 1.